The first-order valence-electron chi connectivity index (χ1n) is 6.26. The fourth-order valence-corrected chi connectivity index (χ4v) is 4.20. The van der Waals surface area contributed by atoms with Gasteiger partial charge in [-0.15, -0.1) is 11.6 Å². The molecule has 2 nitrogen and oxygen atoms in total. The summed E-state index contributed by atoms with van der Waals surface area (Å²) in [7, 11) is 0. The summed E-state index contributed by atoms with van der Waals surface area (Å²) in [5, 5.41) is 0.356. The number of ether oxygens (including phenoxy) is 2. The van der Waals surface area contributed by atoms with E-state index < -0.39 is 0 Å². The quantitative estimate of drug-likeness (QED) is 0.509. The summed E-state index contributed by atoms with van der Waals surface area (Å²) in [5.41, 5.74) is 0. The number of hydrogen-bond acceptors (Lipinski definition) is 2. The van der Waals surface area contributed by atoms with E-state index >= 15 is 0 Å². The highest BCUT2D eigenvalue weighted by Gasteiger charge is 2.52. The molecule has 4 aliphatic rings. The Hall–Kier alpha value is 0.210. The number of alkyl halides is 1. The van der Waals surface area contributed by atoms with Crippen LogP contribution >= 0.6 is 11.6 Å². The van der Waals surface area contributed by atoms with Crippen LogP contribution in [-0.2, 0) is 9.47 Å². The lowest BCUT2D eigenvalue weighted by Crippen LogP contribution is -2.33. The SMILES string of the molecule is ClC1CC2OC2CC1C1CCC2OC2C1. The standard InChI is InChI=1S/C12H17ClO2/c13-8-5-12-11(15-12)4-7(8)6-1-2-9-10(3-6)14-9/h6-12H,1-5H2. The minimum Gasteiger partial charge on any atom is -0.370 e. The summed E-state index contributed by atoms with van der Waals surface area (Å²) in [4.78, 5) is 0. The molecular weight excluding hydrogens is 212 g/mol. The summed E-state index contributed by atoms with van der Waals surface area (Å²) < 4.78 is 11.2. The zero-order chi connectivity index (χ0) is 9.99. The van der Waals surface area contributed by atoms with Gasteiger partial charge in [-0.3, -0.25) is 0 Å². The van der Waals surface area contributed by atoms with Gasteiger partial charge in [0.1, 0.15) is 0 Å². The molecule has 2 saturated heterocycles. The Morgan fingerprint density at radius 2 is 1.53 bits per heavy atom. The Labute approximate surface area is 95.3 Å². The van der Waals surface area contributed by atoms with E-state index in [0.29, 0.717) is 35.7 Å². The van der Waals surface area contributed by atoms with E-state index in [1.54, 1.807) is 0 Å². The summed E-state index contributed by atoms with van der Waals surface area (Å²) in [6.45, 7) is 0. The lowest BCUT2D eigenvalue weighted by molar-refractivity contribution is 0.221. The van der Waals surface area contributed by atoms with Crippen LogP contribution < -0.4 is 0 Å². The summed E-state index contributed by atoms with van der Waals surface area (Å²) in [6.07, 6.45) is 8.42. The van der Waals surface area contributed by atoms with Gasteiger partial charge in [0.25, 0.3) is 0 Å². The second kappa shape index (κ2) is 3.12. The Bertz CT molecular complexity index is 283. The molecule has 0 bridgehead atoms. The van der Waals surface area contributed by atoms with Crippen molar-refractivity contribution >= 4 is 11.6 Å². The molecular formula is C12H17ClO2. The van der Waals surface area contributed by atoms with Crippen molar-refractivity contribution in [3.63, 3.8) is 0 Å². The lowest BCUT2D eigenvalue weighted by atomic mass is 9.73. The number of fused-ring (bicyclic) bond motifs is 2. The van der Waals surface area contributed by atoms with Crippen LogP contribution in [0.2, 0.25) is 0 Å². The second-order valence-electron chi connectivity index (χ2n) is 5.65. The van der Waals surface area contributed by atoms with Gasteiger partial charge in [-0.25, -0.2) is 0 Å². The Balaban J connectivity index is 1.46. The molecule has 2 aliphatic carbocycles. The number of rotatable bonds is 1. The van der Waals surface area contributed by atoms with Crippen LogP contribution in [0.15, 0.2) is 0 Å². The van der Waals surface area contributed by atoms with Gasteiger partial charge in [-0.05, 0) is 43.9 Å². The van der Waals surface area contributed by atoms with E-state index in [2.05, 4.69) is 0 Å². The molecule has 2 saturated carbocycles. The molecule has 0 radical (unpaired) electrons. The topological polar surface area (TPSA) is 25.1 Å². The molecule has 0 aromatic heterocycles. The third-order valence-corrected chi connectivity index (χ3v) is 5.27. The van der Waals surface area contributed by atoms with Crippen LogP contribution in [0.4, 0.5) is 0 Å². The molecule has 0 spiro atoms. The average molecular weight is 229 g/mol. The summed E-state index contributed by atoms with van der Waals surface area (Å²) >= 11 is 6.48. The van der Waals surface area contributed by atoms with E-state index in [4.69, 9.17) is 21.1 Å². The lowest BCUT2D eigenvalue weighted by Gasteiger charge is -2.33. The van der Waals surface area contributed by atoms with Crippen molar-refractivity contribution in [3.8, 4) is 0 Å². The van der Waals surface area contributed by atoms with Crippen LogP contribution in [0, 0.1) is 11.8 Å². The fraction of sp³-hybridized carbons (Fsp3) is 1.00. The third-order valence-electron chi connectivity index (χ3n) is 4.76. The molecule has 7 unspecified atom stereocenters. The van der Waals surface area contributed by atoms with Gasteiger partial charge >= 0.3 is 0 Å². The number of hydrogen-bond donors (Lipinski definition) is 0. The largest absolute Gasteiger partial charge is 0.370 e. The van der Waals surface area contributed by atoms with Gasteiger partial charge < -0.3 is 9.47 Å². The van der Waals surface area contributed by atoms with Gasteiger partial charge in [-0.1, -0.05) is 0 Å². The normalized spacial score (nSPS) is 61.8. The molecule has 7 atom stereocenters. The number of epoxide rings is 2. The maximum atomic E-state index is 6.48. The summed E-state index contributed by atoms with van der Waals surface area (Å²) in [5.74, 6) is 1.50. The van der Waals surface area contributed by atoms with Crippen LogP contribution in [0.5, 0.6) is 0 Å². The highest BCUT2D eigenvalue weighted by Crippen LogP contribution is 2.50. The third kappa shape index (κ3) is 1.53. The molecule has 0 N–H and O–H groups in total. The Kier molecular flexibility index (Phi) is 1.92. The van der Waals surface area contributed by atoms with Gasteiger partial charge in [-0.2, -0.15) is 0 Å². The summed E-state index contributed by atoms with van der Waals surface area (Å²) in [6, 6.07) is 0. The Morgan fingerprint density at radius 1 is 0.800 bits per heavy atom. The highest BCUT2D eigenvalue weighted by atomic mass is 35.5. The van der Waals surface area contributed by atoms with Crippen LogP contribution in [0.3, 0.4) is 0 Å². The molecule has 0 amide bonds. The highest BCUT2D eigenvalue weighted by molar-refractivity contribution is 6.20. The van der Waals surface area contributed by atoms with E-state index in [1.165, 1.54) is 25.7 Å². The van der Waals surface area contributed by atoms with Crippen LogP contribution in [0.1, 0.15) is 32.1 Å². The maximum absolute atomic E-state index is 6.48. The smallest absolute Gasteiger partial charge is 0.0856 e. The molecule has 4 rings (SSSR count). The van der Waals surface area contributed by atoms with Crippen molar-refractivity contribution in [1.29, 1.82) is 0 Å². The molecule has 15 heavy (non-hydrogen) atoms. The fourth-order valence-electron chi connectivity index (χ4n) is 3.72. The first kappa shape index (κ1) is 9.26. The van der Waals surface area contributed by atoms with Gasteiger partial charge in [0, 0.05) is 5.38 Å². The molecule has 4 fully saturated rings. The molecule has 0 aromatic rings. The maximum Gasteiger partial charge on any atom is 0.0856 e. The predicted octanol–water partition coefficient (Wildman–Crippen LogP) is 2.34. The molecule has 84 valence electrons. The van der Waals surface area contributed by atoms with Crippen molar-refractivity contribution in [2.45, 2.75) is 61.9 Å². The molecule has 2 heterocycles. The first-order valence-corrected chi connectivity index (χ1v) is 6.70. The van der Waals surface area contributed by atoms with Crippen molar-refractivity contribution < 1.29 is 9.47 Å². The van der Waals surface area contributed by atoms with E-state index in [0.717, 1.165) is 12.3 Å². The van der Waals surface area contributed by atoms with Crippen molar-refractivity contribution in [2.75, 3.05) is 0 Å². The molecule has 3 heteroatoms. The van der Waals surface area contributed by atoms with Gasteiger partial charge in [0.05, 0.1) is 24.4 Å². The van der Waals surface area contributed by atoms with Crippen LogP contribution in [-0.4, -0.2) is 29.8 Å². The molecule has 2 aliphatic heterocycles. The molecule has 0 aromatic carbocycles. The second-order valence-corrected chi connectivity index (χ2v) is 6.21. The predicted molar refractivity (Wildman–Crippen MR) is 57.0 cm³/mol. The van der Waals surface area contributed by atoms with E-state index in [1.807, 2.05) is 0 Å². The van der Waals surface area contributed by atoms with Gasteiger partial charge in [0.2, 0.25) is 0 Å². The first-order chi connectivity index (χ1) is 7.31. The van der Waals surface area contributed by atoms with Crippen molar-refractivity contribution in [1.82, 2.24) is 0 Å². The Morgan fingerprint density at radius 3 is 2.40 bits per heavy atom. The van der Waals surface area contributed by atoms with Gasteiger partial charge in [0.15, 0.2) is 0 Å². The zero-order valence-corrected chi connectivity index (χ0v) is 9.53. The van der Waals surface area contributed by atoms with E-state index in [9.17, 15) is 0 Å². The zero-order valence-electron chi connectivity index (χ0n) is 8.77. The van der Waals surface area contributed by atoms with E-state index in [-0.39, 0.29) is 0 Å². The van der Waals surface area contributed by atoms with Crippen LogP contribution in [0.25, 0.3) is 0 Å². The van der Waals surface area contributed by atoms with Crippen molar-refractivity contribution in [2.24, 2.45) is 11.8 Å². The number of halogens is 1. The minimum absolute atomic E-state index is 0.356. The minimum atomic E-state index is 0.356. The monoisotopic (exact) mass is 228 g/mol. The average Bonchev–Trinajstić information content (AvgIpc) is 3.09. The van der Waals surface area contributed by atoms with Crippen molar-refractivity contribution in [3.05, 3.63) is 0 Å².